The summed E-state index contributed by atoms with van der Waals surface area (Å²) in [4.78, 5) is 26.8. The molecule has 2 heterocycles. The Kier molecular flexibility index (Phi) is 9.09. The van der Waals surface area contributed by atoms with E-state index in [0.29, 0.717) is 18.4 Å². The maximum Gasteiger partial charge on any atom is 0.409 e. The highest BCUT2D eigenvalue weighted by Crippen LogP contribution is 2.53. The van der Waals surface area contributed by atoms with Gasteiger partial charge in [-0.15, -0.1) is 0 Å². The number of primary amides is 1. The lowest BCUT2D eigenvalue weighted by atomic mass is 9.57. The van der Waals surface area contributed by atoms with Crippen LogP contribution in [0.1, 0.15) is 55.2 Å². The minimum atomic E-state index is -0.495. The van der Waals surface area contributed by atoms with Crippen LogP contribution >= 0.6 is 0 Å². The molecule has 0 aromatic heterocycles. The van der Waals surface area contributed by atoms with E-state index in [1.54, 1.807) is 0 Å². The van der Waals surface area contributed by atoms with E-state index in [0.717, 1.165) is 26.2 Å². The highest BCUT2D eigenvalue weighted by molar-refractivity contribution is 5.71. The molecule has 3 amide bonds. The van der Waals surface area contributed by atoms with Crippen LogP contribution in [0.5, 0.6) is 0 Å². The van der Waals surface area contributed by atoms with E-state index in [9.17, 15) is 9.59 Å². The van der Waals surface area contributed by atoms with Gasteiger partial charge in [0.2, 0.25) is 0 Å². The van der Waals surface area contributed by atoms with Crippen molar-refractivity contribution < 1.29 is 14.3 Å². The molecule has 3 N–H and O–H groups in total. The molecule has 1 saturated heterocycles. The number of urea groups is 1. The quantitative estimate of drug-likeness (QED) is 0.618. The number of nitrogens with two attached hydrogens (primary N) is 1. The van der Waals surface area contributed by atoms with Crippen molar-refractivity contribution in [3.05, 3.63) is 71.3 Å². The van der Waals surface area contributed by atoms with Crippen molar-refractivity contribution in [3.8, 4) is 0 Å². The monoisotopic (exact) mass is 506 g/mol. The number of methoxy groups -OCH3 is 1. The molecule has 2 fully saturated rings. The molecule has 0 bridgehead atoms. The first-order valence-electron chi connectivity index (χ1n) is 13.6. The molecule has 1 aliphatic carbocycles. The molecule has 1 saturated carbocycles. The Balaban J connectivity index is 0.000000586. The van der Waals surface area contributed by atoms with E-state index in [-0.39, 0.29) is 11.5 Å². The van der Waals surface area contributed by atoms with E-state index < -0.39 is 6.03 Å². The Morgan fingerprint density at radius 1 is 0.973 bits per heavy atom. The topological polar surface area (TPSA) is 87.9 Å². The van der Waals surface area contributed by atoms with Gasteiger partial charge in [0.15, 0.2) is 0 Å². The van der Waals surface area contributed by atoms with Gasteiger partial charge in [0.25, 0.3) is 0 Å². The van der Waals surface area contributed by atoms with Gasteiger partial charge in [-0.05, 0) is 67.3 Å². The van der Waals surface area contributed by atoms with Crippen LogP contribution in [-0.4, -0.2) is 55.7 Å². The lowest BCUT2D eigenvalue weighted by Crippen LogP contribution is -2.57. The Morgan fingerprint density at radius 2 is 1.57 bits per heavy atom. The second-order valence-electron chi connectivity index (χ2n) is 10.7. The molecule has 5 rings (SSSR count). The molecular formula is C30H42N4O3. The maximum absolute atomic E-state index is 12.7. The number of fused-ring (bicyclic) bond motifs is 1. The molecule has 1 atom stereocenters. The van der Waals surface area contributed by atoms with Crippen LogP contribution in [0.15, 0.2) is 54.6 Å². The standard InChI is InChI=1S/C28H36N2O2.C2H6N2O/c1-32-27(31)30-20-23-11-5-8-14-26(23)28(21-30,24-12-6-7-13-24)25-15-17-29(18-16-25)19-22-9-3-2-4-10-22;1-4-2(3)5/h2-5,8-11,14,24-25H,6-7,12-13,15-21H2,1H3;1H3,(H3,3,4,5). The van der Waals surface area contributed by atoms with Crippen LogP contribution in [0.2, 0.25) is 0 Å². The zero-order valence-corrected chi connectivity index (χ0v) is 22.3. The number of hydrogen-bond acceptors (Lipinski definition) is 4. The van der Waals surface area contributed by atoms with Gasteiger partial charge >= 0.3 is 12.1 Å². The molecule has 2 aromatic rings. The third-order valence-corrected chi connectivity index (χ3v) is 8.66. The van der Waals surface area contributed by atoms with Gasteiger partial charge in [0.05, 0.1) is 7.11 Å². The molecule has 3 aliphatic rings. The predicted molar refractivity (Wildman–Crippen MR) is 146 cm³/mol. The van der Waals surface area contributed by atoms with Gasteiger partial charge in [0.1, 0.15) is 0 Å². The number of likely N-dealkylation sites (tertiary alicyclic amines) is 1. The number of amides is 3. The van der Waals surface area contributed by atoms with Gasteiger partial charge in [-0.2, -0.15) is 0 Å². The Hall–Kier alpha value is -3.06. The lowest BCUT2D eigenvalue weighted by molar-refractivity contribution is 0.0337. The molecule has 37 heavy (non-hydrogen) atoms. The molecule has 1 unspecified atom stereocenters. The Bertz CT molecular complexity index is 1030. The summed E-state index contributed by atoms with van der Waals surface area (Å²) in [5, 5.41) is 2.17. The molecule has 2 aliphatic heterocycles. The number of nitrogens with one attached hydrogen (secondary N) is 1. The summed E-state index contributed by atoms with van der Waals surface area (Å²) in [7, 11) is 2.99. The number of rotatable bonds is 4. The summed E-state index contributed by atoms with van der Waals surface area (Å²) in [6.07, 6.45) is 7.43. The predicted octanol–water partition coefficient (Wildman–Crippen LogP) is 4.89. The second kappa shape index (κ2) is 12.5. The molecule has 7 nitrogen and oxygen atoms in total. The normalized spacial score (nSPS) is 22.5. The lowest BCUT2D eigenvalue weighted by Gasteiger charge is -2.53. The fraction of sp³-hybridized carbons (Fsp3) is 0.533. The number of carbonyl (C=O) groups excluding carboxylic acids is 2. The number of ether oxygens (including phenoxy) is 1. The third kappa shape index (κ3) is 6.09. The number of hydrogen-bond donors (Lipinski definition) is 2. The zero-order chi connectivity index (χ0) is 26.3. The summed E-state index contributed by atoms with van der Waals surface area (Å²) in [6, 6.07) is 19.3. The largest absolute Gasteiger partial charge is 0.453 e. The molecule has 200 valence electrons. The molecule has 0 radical (unpaired) electrons. The molecule has 0 spiro atoms. The summed E-state index contributed by atoms with van der Waals surface area (Å²) >= 11 is 0. The second-order valence-corrected chi connectivity index (χ2v) is 10.7. The van der Waals surface area contributed by atoms with Gasteiger partial charge in [-0.25, -0.2) is 9.59 Å². The first kappa shape index (κ1) is 27.0. The van der Waals surface area contributed by atoms with Crippen molar-refractivity contribution in [2.45, 2.75) is 57.0 Å². The number of carbonyl (C=O) groups is 2. The van der Waals surface area contributed by atoms with Crippen molar-refractivity contribution in [2.75, 3.05) is 33.8 Å². The van der Waals surface area contributed by atoms with Gasteiger partial charge in [0, 0.05) is 32.1 Å². The van der Waals surface area contributed by atoms with Crippen molar-refractivity contribution in [1.29, 1.82) is 0 Å². The van der Waals surface area contributed by atoms with Crippen LogP contribution in [0.4, 0.5) is 9.59 Å². The fourth-order valence-corrected chi connectivity index (χ4v) is 6.95. The SMILES string of the molecule is CNC(N)=O.COC(=O)N1Cc2ccccc2C(C2CCCC2)(C2CCN(Cc3ccccc3)CC2)C1. The van der Waals surface area contributed by atoms with Gasteiger partial charge in [-0.1, -0.05) is 67.4 Å². The van der Waals surface area contributed by atoms with E-state index >= 15 is 0 Å². The zero-order valence-electron chi connectivity index (χ0n) is 22.3. The Labute approximate surface area is 221 Å². The van der Waals surface area contributed by atoms with Crippen LogP contribution in [0.3, 0.4) is 0 Å². The minimum Gasteiger partial charge on any atom is -0.453 e. The molecule has 7 heteroatoms. The van der Waals surface area contributed by atoms with Crippen LogP contribution < -0.4 is 11.1 Å². The first-order chi connectivity index (χ1) is 18.0. The summed E-state index contributed by atoms with van der Waals surface area (Å²) < 4.78 is 5.21. The highest BCUT2D eigenvalue weighted by atomic mass is 16.5. The van der Waals surface area contributed by atoms with E-state index in [2.05, 4.69) is 70.5 Å². The highest BCUT2D eigenvalue weighted by Gasteiger charge is 2.52. The third-order valence-electron chi connectivity index (χ3n) is 8.66. The van der Waals surface area contributed by atoms with Crippen LogP contribution in [0, 0.1) is 11.8 Å². The van der Waals surface area contributed by atoms with E-state index in [4.69, 9.17) is 4.74 Å². The minimum absolute atomic E-state index is 0.0539. The van der Waals surface area contributed by atoms with Crippen molar-refractivity contribution in [1.82, 2.24) is 15.1 Å². The van der Waals surface area contributed by atoms with Crippen molar-refractivity contribution in [2.24, 2.45) is 17.6 Å². The molecule has 2 aromatic carbocycles. The van der Waals surface area contributed by atoms with E-state index in [1.807, 2.05) is 4.90 Å². The average molecular weight is 507 g/mol. The number of piperidine rings is 1. The summed E-state index contributed by atoms with van der Waals surface area (Å²) in [6.45, 7) is 4.78. The smallest absolute Gasteiger partial charge is 0.409 e. The van der Waals surface area contributed by atoms with Crippen LogP contribution in [-0.2, 0) is 23.2 Å². The number of benzene rings is 2. The average Bonchev–Trinajstić information content (AvgIpc) is 3.49. The first-order valence-corrected chi connectivity index (χ1v) is 13.6. The number of nitrogens with zero attached hydrogens (tertiary/aromatic N) is 2. The van der Waals surface area contributed by atoms with Crippen LogP contribution in [0.25, 0.3) is 0 Å². The summed E-state index contributed by atoms with van der Waals surface area (Å²) in [5.41, 5.74) is 8.84. The Morgan fingerprint density at radius 3 is 2.19 bits per heavy atom. The fourth-order valence-electron chi connectivity index (χ4n) is 6.95. The van der Waals surface area contributed by atoms with E-state index in [1.165, 1.54) is 69.4 Å². The maximum atomic E-state index is 12.7. The van der Waals surface area contributed by atoms with Crippen molar-refractivity contribution in [3.63, 3.8) is 0 Å². The van der Waals surface area contributed by atoms with Crippen molar-refractivity contribution >= 4 is 12.1 Å². The van der Waals surface area contributed by atoms with Gasteiger partial charge in [-0.3, -0.25) is 4.90 Å². The summed E-state index contributed by atoms with van der Waals surface area (Å²) in [5.74, 6) is 1.26. The van der Waals surface area contributed by atoms with Gasteiger partial charge < -0.3 is 20.7 Å². The molecular weight excluding hydrogens is 464 g/mol.